The third-order valence-electron chi connectivity index (χ3n) is 4.44. The van der Waals surface area contributed by atoms with Crippen LogP contribution in [-0.2, 0) is 20.5 Å². The molecule has 3 aromatic carbocycles. The fourth-order valence-electron chi connectivity index (χ4n) is 2.88. The van der Waals surface area contributed by atoms with Gasteiger partial charge in [0.25, 0.3) is 5.52 Å². The van der Waals surface area contributed by atoms with Gasteiger partial charge < -0.3 is 24.0 Å². The van der Waals surface area contributed by atoms with Crippen LogP contribution in [-0.4, -0.2) is 35.0 Å². The van der Waals surface area contributed by atoms with Crippen LogP contribution >= 0.6 is 7.60 Å². The summed E-state index contributed by atoms with van der Waals surface area (Å²) in [6.45, 7) is -0.348. The molecular formula is C23H21O8P. The second-order valence-electron chi connectivity index (χ2n) is 6.77. The molecule has 0 amide bonds. The lowest BCUT2D eigenvalue weighted by Gasteiger charge is -2.13. The molecule has 2 N–H and O–H groups in total. The Kier molecular flexibility index (Phi) is 7.43. The van der Waals surface area contributed by atoms with Gasteiger partial charge >= 0.3 is 13.6 Å². The Labute approximate surface area is 184 Å². The Morgan fingerprint density at radius 3 is 2.19 bits per heavy atom. The molecule has 8 nitrogen and oxygen atoms in total. The zero-order valence-corrected chi connectivity index (χ0v) is 18.0. The van der Waals surface area contributed by atoms with Gasteiger partial charge in [-0.25, -0.2) is 4.79 Å². The summed E-state index contributed by atoms with van der Waals surface area (Å²) in [5.74, 6) is 1.03. The number of hydrogen-bond acceptors (Lipinski definition) is 6. The van der Waals surface area contributed by atoms with Crippen molar-refractivity contribution in [1.82, 2.24) is 0 Å². The van der Waals surface area contributed by atoms with Crippen LogP contribution in [0.5, 0.6) is 17.2 Å². The smallest absolute Gasteiger partial charge is 0.396 e. The van der Waals surface area contributed by atoms with Crippen LogP contribution in [0.4, 0.5) is 0 Å². The van der Waals surface area contributed by atoms with Gasteiger partial charge in [-0.2, -0.15) is 0 Å². The van der Waals surface area contributed by atoms with E-state index < -0.39 is 19.1 Å². The maximum atomic E-state index is 12.0. The number of carbonyl (C=O) groups excluding carboxylic acids is 2. The molecule has 3 aromatic rings. The Hall–Kier alpha value is -3.45. The first-order valence-corrected chi connectivity index (χ1v) is 11.1. The van der Waals surface area contributed by atoms with Crippen LogP contribution in [0.3, 0.4) is 0 Å². The van der Waals surface area contributed by atoms with Gasteiger partial charge in [0.15, 0.2) is 6.61 Å². The lowest BCUT2D eigenvalue weighted by atomic mass is 10.0. The van der Waals surface area contributed by atoms with Crippen molar-refractivity contribution in [2.45, 2.75) is 6.42 Å². The summed E-state index contributed by atoms with van der Waals surface area (Å²) in [4.78, 5) is 41.9. The van der Waals surface area contributed by atoms with Crippen molar-refractivity contribution in [1.29, 1.82) is 0 Å². The van der Waals surface area contributed by atoms with Crippen LogP contribution in [0, 0.1) is 0 Å². The number of hydrogen-bond donors (Lipinski definition) is 2. The van der Waals surface area contributed by atoms with Crippen molar-refractivity contribution in [3.05, 3.63) is 89.5 Å². The molecular weight excluding hydrogens is 435 g/mol. The van der Waals surface area contributed by atoms with Gasteiger partial charge in [-0.15, -0.1) is 0 Å². The molecule has 166 valence electrons. The molecule has 0 bridgehead atoms. The summed E-state index contributed by atoms with van der Waals surface area (Å²) < 4.78 is 27.2. The first kappa shape index (κ1) is 23.2. The van der Waals surface area contributed by atoms with Gasteiger partial charge in [0, 0.05) is 12.0 Å². The molecule has 0 unspecified atom stereocenters. The average Bonchev–Trinajstić information content (AvgIpc) is 2.78. The van der Waals surface area contributed by atoms with Crippen molar-refractivity contribution in [3.63, 3.8) is 0 Å². The summed E-state index contributed by atoms with van der Waals surface area (Å²) in [6.07, 6.45) is 0.282. The molecule has 0 fully saturated rings. The van der Waals surface area contributed by atoms with Gasteiger partial charge in [-0.05, 0) is 53.6 Å². The van der Waals surface area contributed by atoms with Crippen molar-refractivity contribution < 1.29 is 38.2 Å². The lowest BCUT2D eigenvalue weighted by molar-refractivity contribution is -0.142. The molecule has 0 saturated carbocycles. The lowest BCUT2D eigenvalue weighted by Crippen LogP contribution is -2.13. The number of rotatable bonds is 9. The SMILES string of the molecule is COC(=O)COc1ccc(C(=O)P(=O)(O)O)cc1Cc1ccc(Oc2ccccc2)cc1. The highest BCUT2D eigenvalue weighted by Crippen LogP contribution is 2.40. The molecule has 0 spiro atoms. The topological polar surface area (TPSA) is 119 Å². The minimum atomic E-state index is -4.94. The Morgan fingerprint density at radius 2 is 1.56 bits per heavy atom. The Balaban J connectivity index is 1.83. The summed E-state index contributed by atoms with van der Waals surface area (Å²) in [7, 11) is -3.71. The van der Waals surface area contributed by atoms with E-state index in [1.54, 1.807) is 12.1 Å². The number of benzene rings is 3. The second kappa shape index (κ2) is 10.2. The number of carbonyl (C=O) groups is 2. The molecule has 0 aliphatic carbocycles. The molecule has 0 heterocycles. The largest absolute Gasteiger partial charge is 0.482 e. The molecule has 0 aromatic heterocycles. The van der Waals surface area contributed by atoms with E-state index in [2.05, 4.69) is 4.74 Å². The predicted molar refractivity (Wildman–Crippen MR) is 116 cm³/mol. The van der Waals surface area contributed by atoms with E-state index in [0.717, 1.165) is 5.56 Å². The number of ether oxygens (including phenoxy) is 3. The van der Waals surface area contributed by atoms with Gasteiger partial charge in [-0.1, -0.05) is 30.3 Å². The van der Waals surface area contributed by atoms with Crippen LogP contribution in [0.25, 0.3) is 0 Å². The van der Waals surface area contributed by atoms with Crippen molar-refractivity contribution in [3.8, 4) is 17.2 Å². The first-order chi connectivity index (χ1) is 15.3. The van der Waals surface area contributed by atoms with Crippen LogP contribution in [0.2, 0.25) is 0 Å². The first-order valence-electron chi connectivity index (χ1n) is 9.51. The maximum Gasteiger partial charge on any atom is 0.396 e. The highest BCUT2D eigenvalue weighted by atomic mass is 31.2. The minimum absolute atomic E-state index is 0.150. The van der Waals surface area contributed by atoms with E-state index in [4.69, 9.17) is 9.47 Å². The van der Waals surface area contributed by atoms with E-state index in [0.29, 0.717) is 22.8 Å². The van der Waals surface area contributed by atoms with E-state index in [9.17, 15) is 23.9 Å². The quantitative estimate of drug-likeness (QED) is 0.367. The van der Waals surface area contributed by atoms with E-state index >= 15 is 0 Å². The fraction of sp³-hybridized carbons (Fsp3) is 0.130. The van der Waals surface area contributed by atoms with Gasteiger partial charge in [0.05, 0.1) is 7.11 Å². The second-order valence-corrected chi connectivity index (χ2v) is 8.27. The van der Waals surface area contributed by atoms with Gasteiger partial charge in [0.2, 0.25) is 0 Å². The van der Waals surface area contributed by atoms with E-state index in [1.807, 2.05) is 42.5 Å². The average molecular weight is 456 g/mol. The fourth-order valence-corrected chi connectivity index (χ4v) is 3.35. The molecule has 0 aliphatic rings. The number of para-hydroxylation sites is 1. The normalized spacial score (nSPS) is 11.0. The molecule has 3 rings (SSSR count). The molecule has 9 heteroatoms. The maximum absolute atomic E-state index is 12.0. The standard InChI is InChI=1S/C23H21O8P/c1-29-22(24)15-30-21-12-9-17(23(25)32(26,27)28)14-18(21)13-16-7-10-20(11-8-16)31-19-5-3-2-4-6-19/h2-12,14H,13,15H2,1H3,(H2,26,27,28). The van der Waals surface area contributed by atoms with Crippen LogP contribution < -0.4 is 9.47 Å². The minimum Gasteiger partial charge on any atom is -0.482 e. The third-order valence-corrected chi connectivity index (χ3v) is 5.23. The number of esters is 1. The molecule has 0 atom stereocenters. The summed E-state index contributed by atoms with van der Waals surface area (Å²) in [5.41, 5.74) is -0.133. The van der Waals surface area contributed by atoms with Crippen LogP contribution in [0.15, 0.2) is 72.8 Å². The van der Waals surface area contributed by atoms with Gasteiger partial charge in [0.1, 0.15) is 17.2 Å². The Morgan fingerprint density at radius 1 is 0.906 bits per heavy atom. The van der Waals surface area contributed by atoms with Gasteiger partial charge in [-0.3, -0.25) is 9.36 Å². The third kappa shape index (κ3) is 6.28. The summed E-state index contributed by atoms with van der Waals surface area (Å²) in [6, 6.07) is 20.5. The van der Waals surface area contributed by atoms with Crippen molar-refractivity contribution >= 4 is 19.1 Å². The van der Waals surface area contributed by atoms with E-state index in [1.165, 1.54) is 25.3 Å². The molecule has 32 heavy (non-hydrogen) atoms. The van der Waals surface area contributed by atoms with Crippen molar-refractivity contribution in [2.24, 2.45) is 0 Å². The highest BCUT2D eigenvalue weighted by Gasteiger charge is 2.28. The van der Waals surface area contributed by atoms with E-state index in [-0.39, 0.29) is 18.6 Å². The zero-order valence-electron chi connectivity index (χ0n) is 17.1. The summed E-state index contributed by atoms with van der Waals surface area (Å²) in [5, 5.41) is 0. The zero-order chi connectivity index (χ0) is 23.1. The van der Waals surface area contributed by atoms with Crippen LogP contribution in [0.1, 0.15) is 21.5 Å². The Bertz CT molecular complexity index is 1140. The highest BCUT2D eigenvalue weighted by molar-refractivity contribution is 7.70. The number of methoxy groups -OCH3 is 1. The molecule has 0 saturated heterocycles. The van der Waals surface area contributed by atoms with Crippen molar-refractivity contribution in [2.75, 3.05) is 13.7 Å². The molecule has 0 radical (unpaired) electrons. The molecule has 0 aliphatic heterocycles. The predicted octanol–water partition coefficient (Wildman–Crippen LogP) is 3.94. The summed E-state index contributed by atoms with van der Waals surface area (Å²) >= 11 is 0. The monoisotopic (exact) mass is 456 g/mol.